The summed E-state index contributed by atoms with van der Waals surface area (Å²) in [5.74, 6) is 1.11. The predicted molar refractivity (Wildman–Crippen MR) is 88.7 cm³/mol. The Hall–Kier alpha value is -1.17. The average Bonchev–Trinajstić information content (AvgIpc) is 2.47. The number of benzene rings is 1. The predicted octanol–water partition coefficient (Wildman–Crippen LogP) is 1.79. The molecule has 116 valence electrons. The Morgan fingerprint density at radius 1 is 1.48 bits per heavy atom. The number of hydrogen-bond donors (Lipinski definition) is 2. The number of piperidine rings is 1. The standard InChI is InChI=1S/C16H24N2O2S/c1-12-11-18(9-7-14(12)19)8-4-10-20-15-6-3-2-5-13(15)16(17)21/h2-3,5-6,12,14,19H,4,7-11H2,1H3,(H2,17,21). The number of rotatable bonds is 6. The summed E-state index contributed by atoms with van der Waals surface area (Å²) in [6, 6.07) is 7.60. The summed E-state index contributed by atoms with van der Waals surface area (Å²) < 4.78 is 5.79. The Labute approximate surface area is 131 Å². The molecule has 0 bridgehead atoms. The molecule has 2 rings (SSSR count). The van der Waals surface area contributed by atoms with Gasteiger partial charge in [0, 0.05) is 19.6 Å². The van der Waals surface area contributed by atoms with Gasteiger partial charge in [0.25, 0.3) is 0 Å². The van der Waals surface area contributed by atoms with Gasteiger partial charge in [-0.1, -0.05) is 31.3 Å². The number of aliphatic hydroxyl groups excluding tert-OH is 1. The summed E-state index contributed by atoms with van der Waals surface area (Å²) in [4.78, 5) is 2.75. The minimum Gasteiger partial charge on any atom is -0.493 e. The van der Waals surface area contributed by atoms with Crippen molar-refractivity contribution in [3.05, 3.63) is 29.8 Å². The number of para-hydroxylation sites is 1. The van der Waals surface area contributed by atoms with Crippen molar-refractivity contribution >= 4 is 17.2 Å². The lowest BCUT2D eigenvalue weighted by molar-refractivity contribution is 0.0334. The highest BCUT2D eigenvalue weighted by molar-refractivity contribution is 7.80. The van der Waals surface area contributed by atoms with Crippen molar-refractivity contribution in [3.63, 3.8) is 0 Å². The largest absolute Gasteiger partial charge is 0.493 e. The van der Waals surface area contributed by atoms with E-state index in [0.29, 0.717) is 17.5 Å². The Bertz CT molecular complexity index is 481. The van der Waals surface area contributed by atoms with E-state index >= 15 is 0 Å². The van der Waals surface area contributed by atoms with Crippen molar-refractivity contribution < 1.29 is 9.84 Å². The van der Waals surface area contributed by atoms with Crippen LogP contribution >= 0.6 is 12.2 Å². The quantitative estimate of drug-likeness (QED) is 0.620. The number of hydrogen-bond acceptors (Lipinski definition) is 4. The molecule has 1 fully saturated rings. The molecule has 3 N–H and O–H groups in total. The zero-order chi connectivity index (χ0) is 15.2. The van der Waals surface area contributed by atoms with Crippen molar-refractivity contribution in [2.45, 2.75) is 25.9 Å². The Balaban J connectivity index is 1.74. The first-order chi connectivity index (χ1) is 10.1. The van der Waals surface area contributed by atoms with E-state index in [1.165, 1.54) is 0 Å². The molecule has 0 amide bonds. The molecule has 2 unspecified atom stereocenters. The van der Waals surface area contributed by atoms with Gasteiger partial charge < -0.3 is 20.5 Å². The van der Waals surface area contributed by atoms with Crippen molar-refractivity contribution in [2.24, 2.45) is 11.7 Å². The molecule has 1 aromatic carbocycles. The van der Waals surface area contributed by atoms with Crippen LogP contribution in [0.4, 0.5) is 0 Å². The van der Waals surface area contributed by atoms with E-state index in [1.54, 1.807) is 0 Å². The number of thiocarbonyl (C=S) groups is 1. The van der Waals surface area contributed by atoms with E-state index in [0.717, 1.165) is 43.8 Å². The zero-order valence-electron chi connectivity index (χ0n) is 12.5. The smallest absolute Gasteiger partial charge is 0.129 e. The molecule has 1 heterocycles. The van der Waals surface area contributed by atoms with Crippen molar-refractivity contribution in [1.82, 2.24) is 4.90 Å². The van der Waals surface area contributed by atoms with Crippen LogP contribution in [-0.2, 0) is 0 Å². The van der Waals surface area contributed by atoms with Gasteiger partial charge in [0.15, 0.2) is 0 Å². The Morgan fingerprint density at radius 3 is 2.95 bits per heavy atom. The number of likely N-dealkylation sites (tertiary alicyclic amines) is 1. The molecule has 4 nitrogen and oxygen atoms in total. The van der Waals surface area contributed by atoms with Gasteiger partial charge in [-0.3, -0.25) is 0 Å². The fourth-order valence-corrected chi connectivity index (χ4v) is 2.86. The maximum atomic E-state index is 9.72. The van der Waals surface area contributed by atoms with Crippen LogP contribution in [-0.4, -0.2) is 47.3 Å². The van der Waals surface area contributed by atoms with Gasteiger partial charge >= 0.3 is 0 Å². The zero-order valence-corrected chi connectivity index (χ0v) is 13.3. The van der Waals surface area contributed by atoms with Gasteiger partial charge in [0.1, 0.15) is 10.7 Å². The molecule has 5 heteroatoms. The molecule has 1 aliphatic heterocycles. The number of nitrogens with two attached hydrogens (primary N) is 1. The third kappa shape index (κ3) is 4.66. The van der Waals surface area contributed by atoms with Gasteiger partial charge in [-0.25, -0.2) is 0 Å². The molecule has 1 saturated heterocycles. The van der Waals surface area contributed by atoms with Crippen LogP contribution in [0, 0.1) is 5.92 Å². The molecule has 0 aromatic heterocycles. The first kappa shape index (κ1) is 16.2. The van der Waals surface area contributed by atoms with E-state index in [9.17, 15) is 5.11 Å². The SMILES string of the molecule is CC1CN(CCCOc2ccccc2C(N)=S)CCC1O. The number of aliphatic hydroxyl groups is 1. The van der Waals surface area contributed by atoms with Crippen LogP contribution in [0.25, 0.3) is 0 Å². The van der Waals surface area contributed by atoms with E-state index in [-0.39, 0.29) is 6.10 Å². The Kier molecular flexibility index (Phi) is 5.96. The van der Waals surface area contributed by atoms with Gasteiger partial charge in [0.2, 0.25) is 0 Å². The lowest BCUT2D eigenvalue weighted by atomic mass is 9.97. The monoisotopic (exact) mass is 308 g/mol. The highest BCUT2D eigenvalue weighted by Crippen LogP contribution is 2.19. The number of ether oxygens (including phenoxy) is 1. The molecule has 21 heavy (non-hydrogen) atoms. The van der Waals surface area contributed by atoms with Crippen LogP contribution in [0.1, 0.15) is 25.3 Å². The minimum atomic E-state index is -0.144. The van der Waals surface area contributed by atoms with Crippen molar-refractivity contribution in [2.75, 3.05) is 26.2 Å². The van der Waals surface area contributed by atoms with Gasteiger partial charge in [-0.2, -0.15) is 0 Å². The van der Waals surface area contributed by atoms with Crippen LogP contribution in [0.15, 0.2) is 24.3 Å². The highest BCUT2D eigenvalue weighted by Gasteiger charge is 2.23. The van der Waals surface area contributed by atoms with Crippen molar-refractivity contribution in [1.29, 1.82) is 0 Å². The van der Waals surface area contributed by atoms with Crippen LogP contribution in [0.5, 0.6) is 5.75 Å². The van der Waals surface area contributed by atoms with E-state index < -0.39 is 0 Å². The third-order valence-corrected chi connectivity index (χ3v) is 4.19. The third-order valence-electron chi connectivity index (χ3n) is 3.97. The van der Waals surface area contributed by atoms with Crippen LogP contribution in [0.3, 0.4) is 0 Å². The summed E-state index contributed by atoms with van der Waals surface area (Å²) >= 11 is 5.02. The van der Waals surface area contributed by atoms with Gasteiger partial charge in [0.05, 0.1) is 18.3 Å². The second kappa shape index (κ2) is 7.73. The molecular weight excluding hydrogens is 284 g/mol. The molecule has 2 atom stereocenters. The summed E-state index contributed by atoms with van der Waals surface area (Å²) in [5.41, 5.74) is 6.48. The molecule has 1 aliphatic rings. The highest BCUT2D eigenvalue weighted by atomic mass is 32.1. The first-order valence-corrected chi connectivity index (χ1v) is 7.91. The first-order valence-electron chi connectivity index (χ1n) is 7.50. The molecule has 0 radical (unpaired) electrons. The van der Waals surface area contributed by atoms with Crippen LogP contribution in [0.2, 0.25) is 0 Å². The van der Waals surface area contributed by atoms with Crippen LogP contribution < -0.4 is 10.5 Å². The fourth-order valence-electron chi connectivity index (χ4n) is 2.69. The van der Waals surface area contributed by atoms with Crippen molar-refractivity contribution in [3.8, 4) is 5.75 Å². The summed E-state index contributed by atoms with van der Waals surface area (Å²) in [6.45, 7) is 5.67. The van der Waals surface area contributed by atoms with E-state index in [1.807, 2.05) is 24.3 Å². The molecule has 0 saturated carbocycles. The van der Waals surface area contributed by atoms with E-state index in [2.05, 4.69) is 11.8 Å². The molecule has 1 aromatic rings. The summed E-state index contributed by atoms with van der Waals surface area (Å²) in [6.07, 6.45) is 1.68. The second-order valence-corrected chi connectivity index (χ2v) is 6.14. The Morgan fingerprint density at radius 2 is 2.24 bits per heavy atom. The topological polar surface area (TPSA) is 58.7 Å². The lowest BCUT2D eigenvalue weighted by Crippen LogP contribution is -2.42. The summed E-state index contributed by atoms with van der Waals surface area (Å²) in [5, 5.41) is 9.72. The summed E-state index contributed by atoms with van der Waals surface area (Å²) in [7, 11) is 0. The normalized spacial score (nSPS) is 23.0. The maximum Gasteiger partial charge on any atom is 0.129 e. The fraction of sp³-hybridized carbons (Fsp3) is 0.562. The second-order valence-electron chi connectivity index (χ2n) is 5.70. The van der Waals surface area contributed by atoms with Gasteiger partial charge in [-0.05, 0) is 30.9 Å². The molecule has 0 spiro atoms. The lowest BCUT2D eigenvalue weighted by Gasteiger charge is -2.34. The average molecular weight is 308 g/mol. The number of nitrogens with zero attached hydrogens (tertiary/aromatic N) is 1. The van der Waals surface area contributed by atoms with Gasteiger partial charge in [-0.15, -0.1) is 0 Å². The molecule has 0 aliphatic carbocycles. The minimum absolute atomic E-state index is 0.144. The molecular formula is C16H24N2O2S. The maximum absolute atomic E-state index is 9.72. The van der Waals surface area contributed by atoms with E-state index in [4.69, 9.17) is 22.7 Å².